The van der Waals surface area contributed by atoms with E-state index in [0.717, 1.165) is 16.9 Å². The Morgan fingerprint density at radius 3 is 2.43 bits per heavy atom. The van der Waals surface area contributed by atoms with Crippen LogP contribution in [0.5, 0.6) is 5.75 Å². The molecule has 0 aliphatic heterocycles. The molecule has 1 atom stereocenters. The maximum Gasteiger partial charge on any atom is 0.258 e. The number of aryl methyl sites for hydroxylation is 2. The van der Waals surface area contributed by atoms with E-state index in [1.807, 2.05) is 69.3 Å². The molecule has 0 heterocycles. The number of carbonyl (C=O) groups is 1. The second kappa shape index (κ2) is 6.93. The van der Waals surface area contributed by atoms with Crippen LogP contribution in [0.2, 0.25) is 0 Å². The minimum absolute atomic E-state index is 0.0288. The first-order valence-electron chi connectivity index (χ1n) is 7.10. The third-order valence-electron chi connectivity index (χ3n) is 3.41. The molecule has 2 rings (SSSR count). The van der Waals surface area contributed by atoms with Crippen molar-refractivity contribution in [2.45, 2.75) is 26.8 Å². The zero-order valence-electron chi connectivity index (χ0n) is 12.7. The molecule has 0 aliphatic carbocycles. The van der Waals surface area contributed by atoms with Gasteiger partial charge in [0.25, 0.3) is 5.91 Å². The summed E-state index contributed by atoms with van der Waals surface area (Å²) in [5.74, 6) is 0.627. The summed E-state index contributed by atoms with van der Waals surface area (Å²) in [5.41, 5.74) is 3.32. The van der Waals surface area contributed by atoms with Crippen molar-refractivity contribution in [2.24, 2.45) is 0 Å². The lowest BCUT2D eigenvalue weighted by Crippen LogP contribution is -2.31. The van der Waals surface area contributed by atoms with E-state index in [4.69, 9.17) is 4.74 Å². The minimum Gasteiger partial charge on any atom is -0.484 e. The zero-order chi connectivity index (χ0) is 15.2. The van der Waals surface area contributed by atoms with E-state index >= 15 is 0 Å². The summed E-state index contributed by atoms with van der Waals surface area (Å²) in [6.45, 7) is 6.00. The SMILES string of the molecule is Cc1ccc([C@@H](C)NC(=O)COc2ccccc2C)cc1. The molecule has 1 amide bonds. The lowest BCUT2D eigenvalue weighted by Gasteiger charge is -2.15. The van der Waals surface area contributed by atoms with Crippen LogP contribution in [-0.4, -0.2) is 12.5 Å². The fraction of sp³-hybridized carbons (Fsp3) is 0.278. The van der Waals surface area contributed by atoms with E-state index in [9.17, 15) is 4.79 Å². The smallest absolute Gasteiger partial charge is 0.258 e. The number of ether oxygens (including phenoxy) is 1. The van der Waals surface area contributed by atoms with E-state index in [1.165, 1.54) is 5.56 Å². The number of amides is 1. The Morgan fingerprint density at radius 2 is 1.76 bits per heavy atom. The standard InChI is InChI=1S/C18H21NO2/c1-13-8-10-16(11-9-13)15(3)19-18(20)12-21-17-7-5-4-6-14(17)2/h4-11,15H,12H2,1-3H3,(H,19,20)/t15-/m1/s1. The number of rotatable bonds is 5. The molecule has 0 unspecified atom stereocenters. The van der Waals surface area contributed by atoms with Gasteiger partial charge in [-0.2, -0.15) is 0 Å². The van der Waals surface area contributed by atoms with Gasteiger partial charge in [-0.05, 0) is 38.0 Å². The van der Waals surface area contributed by atoms with Crippen molar-refractivity contribution in [3.63, 3.8) is 0 Å². The van der Waals surface area contributed by atoms with E-state index in [1.54, 1.807) is 0 Å². The molecule has 1 N–H and O–H groups in total. The van der Waals surface area contributed by atoms with Gasteiger partial charge in [0.2, 0.25) is 0 Å². The molecule has 0 spiro atoms. The fourth-order valence-electron chi connectivity index (χ4n) is 2.08. The summed E-state index contributed by atoms with van der Waals surface area (Å²) in [4.78, 5) is 11.9. The summed E-state index contributed by atoms with van der Waals surface area (Å²) in [6, 6.07) is 15.8. The van der Waals surface area contributed by atoms with Gasteiger partial charge in [0.05, 0.1) is 6.04 Å². The molecule has 0 fully saturated rings. The predicted octanol–water partition coefficient (Wildman–Crippen LogP) is 3.56. The average Bonchev–Trinajstić information content (AvgIpc) is 2.47. The van der Waals surface area contributed by atoms with Gasteiger partial charge < -0.3 is 10.1 Å². The summed E-state index contributed by atoms with van der Waals surface area (Å²) in [5, 5.41) is 2.94. The zero-order valence-corrected chi connectivity index (χ0v) is 12.7. The van der Waals surface area contributed by atoms with Crippen molar-refractivity contribution in [1.82, 2.24) is 5.32 Å². The van der Waals surface area contributed by atoms with Crippen molar-refractivity contribution in [3.8, 4) is 5.75 Å². The number of hydrogen-bond acceptors (Lipinski definition) is 2. The highest BCUT2D eigenvalue weighted by Crippen LogP contribution is 2.16. The molecule has 0 saturated heterocycles. The van der Waals surface area contributed by atoms with E-state index in [2.05, 4.69) is 5.32 Å². The van der Waals surface area contributed by atoms with E-state index in [0.29, 0.717) is 0 Å². The van der Waals surface area contributed by atoms with Crippen molar-refractivity contribution >= 4 is 5.91 Å². The Hall–Kier alpha value is -2.29. The predicted molar refractivity (Wildman–Crippen MR) is 84.4 cm³/mol. The van der Waals surface area contributed by atoms with Gasteiger partial charge in [0.15, 0.2) is 6.61 Å². The summed E-state index contributed by atoms with van der Waals surface area (Å²) < 4.78 is 5.54. The molecule has 2 aromatic carbocycles. The van der Waals surface area contributed by atoms with Crippen molar-refractivity contribution in [1.29, 1.82) is 0 Å². The van der Waals surface area contributed by atoms with Crippen LogP contribution in [0.4, 0.5) is 0 Å². The quantitative estimate of drug-likeness (QED) is 0.911. The topological polar surface area (TPSA) is 38.3 Å². The molecule has 3 heteroatoms. The van der Waals surface area contributed by atoms with Gasteiger partial charge in [0, 0.05) is 0 Å². The van der Waals surface area contributed by atoms with E-state index < -0.39 is 0 Å². The third kappa shape index (κ3) is 4.35. The molecule has 0 bridgehead atoms. The molecule has 110 valence electrons. The number of para-hydroxylation sites is 1. The van der Waals surface area contributed by atoms with Crippen molar-refractivity contribution in [2.75, 3.05) is 6.61 Å². The number of carbonyl (C=O) groups excluding carboxylic acids is 1. The van der Waals surface area contributed by atoms with Crippen LogP contribution in [0, 0.1) is 13.8 Å². The lowest BCUT2D eigenvalue weighted by molar-refractivity contribution is -0.123. The van der Waals surface area contributed by atoms with Crippen LogP contribution in [0.15, 0.2) is 48.5 Å². The van der Waals surface area contributed by atoms with Gasteiger partial charge in [0.1, 0.15) is 5.75 Å². The van der Waals surface area contributed by atoms with Gasteiger partial charge >= 0.3 is 0 Å². The highest BCUT2D eigenvalue weighted by molar-refractivity contribution is 5.78. The largest absolute Gasteiger partial charge is 0.484 e. The summed E-state index contributed by atoms with van der Waals surface area (Å²) in [7, 11) is 0. The first kappa shape index (κ1) is 15.1. The normalized spacial score (nSPS) is 11.8. The minimum atomic E-state index is -0.119. The molecule has 0 aromatic heterocycles. The number of benzene rings is 2. The van der Waals surface area contributed by atoms with Crippen LogP contribution in [-0.2, 0) is 4.79 Å². The summed E-state index contributed by atoms with van der Waals surface area (Å²) >= 11 is 0. The van der Waals surface area contributed by atoms with Gasteiger partial charge in [-0.1, -0.05) is 48.0 Å². The Kier molecular flexibility index (Phi) is 4.99. The first-order valence-corrected chi connectivity index (χ1v) is 7.10. The molecule has 21 heavy (non-hydrogen) atoms. The van der Waals surface area contributed by atoms with Crippen LogP contribution in [0.1, 0.15) is 29.7 Å². The maximum atomic E-state index is 11.9. The van der Waals surface area contributed by atoms with Gasteiger partial charge in [-0.3, -0.25) is 4.79 Å². The van der Waals surface area contributed by atoms with Gasteiger partial charge in [-0.15, -0.1) is 0 Å². The average molecular weight is 283 g/mol. The Balaban J connectivity index is 1.87. The van der Waals surface area contributed by atoms with Crippen LogP contribution in [0.25, 0.3) is 0 Å². The lowest BCUT2D eigenvalue weighted by atomic mass is 10.1. The maximum absolute atomic E-state index is 11.9. The number of hydrogen-bond donors (Lipinski definition) is 1. The Bertz CT molecular complexity index is 605. The van der Waals surface area contributed by atoms with Crippen molar-refractivity contribution in [3.05, 3.63) is 65.2 Å². The molecule has 2 aromatic rings. The second-order valence-corrected chi connectivity index (χ2v) is 5.25. The molecular formula is C18H21NO2. The van der Waals surface area contributed by atoms with E-state index in [-0.39, 0.29) is 18.6 Å². The number of nitrogens with one attached hydrogen (secondary N) is 1. The monoisotopic (exact) mass is 283 g/mol. The molecule has 0 aliphatic rings. The fourth-order valence-corrected chi connectivity index (χ4v) is 2.08. The Labute approximate surface area is 126 Å². The molecule has 0 radical (unpaired) electrons. The summed E-state index contributed by atoms with van der Waals surface area (Å²) in [6.07, 6.45) is 0. The highest BCUT2D eigenvalue weighted by atomic mass is 16.5. The Morgan fingerprint density at radius 1 is 1.10 bits per heavy atom. The van der Waals surface area contributed by atoms with Crippen LogP contribution in [0.3, 0.4) is 0 Å². The second-order valence-electron chi connectivity index (χ2n) is 5.25. The van der Waals surface area contributed by atoms with Crippen LogP contribution >= 0.6 is 0 Å². The van der Waals surface area contributed by atoms with Crippen LogP contribution < -0.4 is 10.1 Å². The molecule has 0 saturated carbocycles. The van der Waals surface area contributed by atoms with Gasteiger partial charge in [-0.25, -0.2) is 0 Å². The molecule has 3 nitrogen and oxygen atoms in total. The van der Waals surface area contributed by atoms with Crippen molar-refractivity contribution < 1.29 is 9.53 Å². The molecular weight excluding hydrogens is 262 g/mol. The highest BCUT2D eigenvalue weighted by Gasteiger charge is 2.10. The third-order valence-corrected chi connectivity index (χ3v) is 3.41. The first-order chi connectivity index (χ1) is 10.1.